The highest BCUT2D eigenvalue weighted by Gasteiger charge is 2.32. The molecule has 110 valence electrons. The SMILES string of the molecule is Cc1ccc(NC(=O)c2cccc(O)c2)cc1C(F)(F)F. The lowest BCUT2D eigenvalue weighted by Gasteiger charge is -2.12. The molecule has 0 saturated carbocycles. The van der Waals surface area contributed by atoms with E-state index >= 15 is 0 Å². The first-order valence-corrected chi connectivity index (χ1v) is 6.05. The highest BCUT2D eigenvalue weighted by Crippen LogP contribution is 2.33. The number of phenolic OH excluding ortho intramolecular Hbond substituents is 1. The van der Waals surface area contributed by atoms with Gasteiger partial charge < -0.3 is 10.4 Å². The summed E-state index contributed by atoms with van der Waals surface area (Å²) in [5.41, 5.74) is -0.514. The van der Waals surface area contributed by atoms with Crippen LogP contribution in [0, 0.1) is 6.92 Å². The molecule has 2 rings (SSSR count). The number of amides is 1. The second kappa shape index (κ2) is 5.47. The molecule has 0 atom stereocenters. The van der Waals surface area contributed by atoms with Crippen molar-refractivity contribution in [2.75, 3.05) is 5.32 Å². The van der Waals surface area contributed by atoms with Crippen LogP contribution in [0.2, 0.25) is 0 Å². The highest BCUT2D eigenvalue weighted by molar-refractivity contribution is 6.04. The molecule has 0 spiro atoms. The Kier molecular flexibility index (Phi) is 3.88. The molecule has 0 bridgehead atoms. The number of benzene rings is 2. The minimum Gasteiger partial charge on any atom is -0.508 e. The van der Waals surface area contributed by atoms with Crippen LogP contribution in [0.1, 0.15) is 21.5 Å². The second-order valence-corrected chi connectivity index (χ2v) is 4.53. The Morgan fingerprint density at radius 2 is 1.86 bits per heavy atom. The molecule has 0 aliphatic carbocycles. The van der Waals surface area contributed by atoms with E-state index in [4.69, 9.17) is 0 Å². The third-order valence-corrected chi connectivity index (χ3v) is 2.91. The number of hydrogen-bond acceptors (Lipinski definition) is 2. The van der Waals surface area contributed by atoms with E-state index in [9.17, 15) is 23.1 Å². The molecule has 0 aliphatic rings. The van der Waals surface area contributed by atoms with Crippen molar-refractivity contribution in [2.45, 2.75) is 13.1 Å². The van der Waals surface area contributed by atoms with Gasteiger partial charge in [0.15, 0.2) is 0 Å². The molecule has 2 N–H and O–H groups in total. The molecule has 0 aliphatic heterocycles. The molecular weight excluding hydrogens is 283 g/mol. The molecular formula is C15H12F3NO2. The van der Waals surface area contributed by atoms with Crippen LogP contribution >= 0.6 is 0 Å². The van der Waals surface area contributed by atoms with Gasteiger partial charge in [-0.1, -0.05) is 12.1 Å². The zero-order chi connectivity index (χ0) is 15.6. The van der Waals surface area contributed by atoms with Gasteiger partial charge >= 0.3 is 6.18 Å². The molecule has 3 nitrogen and oxygen atoms in total. The van der Waals surface area contributed by atoms with Crippen LogP contribution < -0.4 is 5.32 Å². The average Bonchev–Trinajstić information content (AvgIpc) is 2.39. The Bertz CT molecular complexity index is 681. The maximum absolute atomic E-state index is 12.8. The monoisotopic (exact) mass is 295 g/mol. The fourth-order valence-electron chi connectivity index (χ4n) is 1.86. The lowest BCUT2D eigenvalue weighted by molar-refractivity contribution is -0.138. The van der Waals surface area contributed by atoms with Gasteiger partial charge in [-0.3, -0.25) is 4.79 Å². The summed E-state index contributed by atoms with van der Waals surface area (Å²) in [6, 6.07) is 9.12. The summed E-state index contributed by atoms with van der Waals surface area (Å²) >= 11 is 0. The minimum atomic E-state index is -4.48. The van der Waals surface area contributed by atoms with Gasteiger partial charge in [0.1, 0.15) is 5.75 Å². The topological polar surface area (TPSA) is 49.3 Å². The molecule has 0 unspecified atom stereocenters. The number of phenols is 1. The van der Waals surface area contributed by atoms with E-state index in [-0.39, 0.29) is 22.6 Å². The van der Waals surface area contributed by atoms with Crippen molar-refractivity contribution < 1.29 is 23.1 Å². The number of halogens is 3. The molecule has 0 saturated heterocycles. The number of alkyl halides is 3. The van der Waals surface area contributed by atoms with Crippen molar-refractivity contribution >= 4 is 11.6 Å². The van der Waals surface area contributed by atoms with Gasteiger partial charge in [-0.05, 0) is 42.8 Å². The third kappa shape index (κ3) is 3.53. The first-order chi connectivity index (χ1) is 9.77. The van der Waals surface area contributed by atoms with Crippen molar-refractivity contribution in [3.63, 3.8) is 0 Å². The molecule has 0 heterocycles. The van der Waals surface area contributed by atoms with E-state index in [1.54, 1.807) is 0 Å². The van der Waals surface area contributed by atoms with Crippen LogP contribution in [0.5, 0.6) is 5.75 Å². The number of rotatable bonds is 2. The highest BCUT2D eigenvalue weighted by atomic mass is 19.4. The lowest BCUT2D eigenvalue weighted by atomic mass is 10.1. The first kappa shape index (κ1) is 14.9. The smallest absolute Gasteiger partial charge is 0.416 e. The summed E-state index contributed by atoms with van der Waals surface area (Å²) in [7, 11) is 0. The van der Waals surface area contributed by atoms with E-state index in [0.29, 0.717) is 0 Å². The van der Waals surface area contributed by atoms with Gasteiger partial charge in [0.05, 0.1) is 5.56 Å². The fraction of sp³-hybridized carbons (Fsp3) is 0.133. The molecule has 6 heteroatoms. The number of carbonyl (C=O) groups is 1. The van der Waals surface area contributed by atoms with Gasteiger partial charge in [0, 0.05) is 11.3 Å². The number of aromatic hydroxyl groups is 1. The molecule has 0 radical (unpaired) electrons. The van der Waals surface area contributed by atoms with Gasteiger partial charge in [-0.15, -0.1) is 0 Å². The number of hydrogen-bond donors (Lipinski definition) is 2. The quantitative estimate of drug-likeness (QED) is 0.880. The van der Waals surface area contributed by atoms with E-state index in [2.05, 4.69) is 5.32 Å². The first-order valence-electron chi connectivity index (χ1n) is 6.05. The molecule has 2 aromatic carbocycles. The van der Waals surface area contributed by atoms with Gasteiger partial charge in [-0.2, -0.15) is 13.2 Å². The summed E-state index contributed by atoms with van der Waals surface area (Å²) < 4.78 is 38.4. The van der Waals surface area contributed by atoms with Gasteiger partial charge in [0.25, 0.3) is 5.91 Å². The lowest BCUT2D eigenvalue weighted by Crippen LogP contribution is -2.13. The van der Waals surface area contributed by atoms with Crippen LogP contribution in [0.3, 0.4) is 0 Å². The Morgan fingerprint density at radius 3 is 2.48 bits per heavy atom. The van der Waals surface area contributed by atoms with Crippen LogP contribution in [-0.4, -0.2) is 11.0 Å². The number of aryl methyl sites for hydroxylation is 1. The van der Waals surface area contributed by atoms with E-state index < -0.39 is 17.6 Å². The minimum absolute atomic E-state index is 0.0428. The average molecular weight is 295 g/mol. The van der Waals surface area contributed by atoms with Gasteiger partial charge in [-0.25, -0.2) is 0 Å². The van der Waals surface area contributed by atoms with E-state index in [1.165, 1.54) is 43.3 Å². The predicted octanol–water partition coefficient (Wildman–Crippen LogP) is 3.97. The second-order valence-electron chi connectivity index (χ2n) is 4.53. The normalized spacial score (nSPS) is 11.2. The van der Waals surface area contributed by atoms with Crippen molar-refractivity contribution in [2.24, 2.45) is 0 Å². The Hall–Kier alpha value is -2.50. The third-order valence-electron chi connectivity index (χ3n) is 2.91. The van der Waals surface area contributed by atoms with Crippen molar-refractivity contribution in [3.05, 3.63) is 59.2 Å². The summed E-state index contributed by atoms with van der Waals surface area (Å²) in [5.74, 6) is -0.689. The van der Waals surface area contributed by atoms with Crippen LogP contribution in [0.25, 0.3) is 0 Å². The maximum Gasteiger partial charge on any atom is 0.416 e. The number of nitrogens with one attached hydrogen (secondary N) is 1. The summed E-state index contributed by atoms with van der Waals surface area (Å²) in [4.78, 5) is 11.9. The standard InChI is InChI=1S/C15H12F3NO2/c1-9-5-6-11(8-13(9)15(16,17)18)19-14(21)10-3-2-4-12(20)7-10/h2-8,20H,1H3,(H,19,21). The molecule has 21 heavy (non-hydrogen) atoms. The molecule has 2 aromatic rings. The molecule has 0 fully saturated rings. The Balaban J connectivity index is 2.26. The Morgan fingerprint density at radius 1 is 1.14 bits per heavy atom. The summed E-state index contributed by atoms with van der Waals surface area (Å²) in [6.45, 7) is 1.35. The number of carbonyl (C=O) groups excluding carboxylic acids is 1. The zero-order valence-corrected chi connectivity index (χ0v) is 11.0. The number of anilines is 1. The maximum atomic E-state index is 12.8. The molecule has 1 amide bonds. The summed E-state index contributed by atoms with van der Waals surface area (Å²) in [6.07, 6.45) is -4.48. The predicted molar refractivity (Wildman–Crippen MR) is 72.2 cm³/mol. The van der Waals surface area contributed by atoms with E-state index in [0.717, 1.165) is 6.07 Å². The fourth-order valence-corrected chi connectivity index (χ4v) is 1.86. The molecule has 0 aromatic heterocycles. The van der Waals surface area contributed by atoms with Crippen molar-refractivity contribution in [1.82, 2.24) is 0 Å². The largest absolute Gasteiger partial charge is 0.508 e. The Labute approximate surface area is 119 Å². The zero-order valence-electron chi connectivity index (χ0n) is 11.0. The van der Waals surface area contributed by atoms with Crippen molar-refractivity contribution in [1.29, 1.82) is 0 Å². The van der Waals surface area contributed by atoms with Crippen LogP contribution in [-0.2, 0) is 6.18 Å². The van der Waals surface area contributed by atoms with Crippen LogP contribution in [0.4, 0.5) is 18.9 Å². The summed E-state index contributed by atoms with van der Waals surface area (Å²) in [5, 5.41) is 11.7. The van der Waals surface area contributed by atoms with E-state index in [1.807, 2.05) is 0 Å². The van der Waals surface area contributed by atoms with Gasteiger partial charge in [0.2, 0.25) is 0 Å². The van der Waals surface area contributed by atoms with Crippen LogP contribution in [0.15, 0.2) is 42.5 Å². The van der Waals surface area contributed by atoms with Crippen molar-refractivity contribution in [3.8, 4) is 5.75 Å².